The molecule has 1 heterocycles. The van der Waals surface area contributed by atoms with E-state index in [1.54, 1.807) is 0 Å². The largest absolute Gasteiger partial charge is 0.324 e. The van der Waals surface area contributed by atoms with Crippen LogP contribution in [-0.2, 0) is 0 Å². The average molecular weight is 208 g/mol. The van der Waals surface area contributed by atoms with Crippen LogP contribution in [0.3, 0.4) is 0 Å². The quantitative estimate of drug-likeness (QED) is 0.705. The second-order valence-corrected chi connectivity index (χ2v) is 5.37. The molecule has 15 heavy (non-hydrogen) atoms. The van der Waals surface area contributed by atoms with Gasteiger partial charge in [0.2, 0.25) is 0 Å². The van der Waals surface area contributed by atoms with Crippen molar-refractivity contribution in [3.05, 3.63) is 12.2 Å². The van der Waals surface area contributed by atoms with Crippen LogP contribution in [-0.4, -0.2) is 29.6 Å². The zero-order chi connectivity index (χ0) is 10.8. The maximum absolute atomic E-state index is 5.89. The third-order valence-corrected chi connectivity index (χ3v) is 4.03. The molecule has 2 N–H and O–H groups in total. The summed E-state index contributed by atoms with van der Waals surface area (Å²) in [5, 5.41) is 0. The van der Waals surface area contributed by atoms with Crippen molar-refractivity contribution in [3.63, 3.8) is 0 Å². The van der Waals surface area contributed by atoms with Gasteiger partial charge in [-0.2, -0.15) is 0 Å². The number of hydrogen-bond acceptors (Lipinski definition) is 2. The van der Waals surface area contributed by atoms with Gasteiger partial charge < -0.3 is 5.73 Å². The smallest absolute Gasteiger partial charge is 0.0229 e. The summed E-state index contributed by atoms with van der Waals surface area (Å²) in [5.41, 5.74) is 5.89. The highest BCUT2D eigenvalue weighted by molar-refractivity contribution is 5.05. The SMILES string of the molecule is C[C@@H]1CCC[C@H](C)N1CC1C=CC(N)C1. The lowest BCUT2D eigenvalue weighted by Crippen LogP contribution is -2.45. The summed E-state index contributed by atoms with van der Waals surface area (Å²) < 4.78 is 0. The molecule has 0 aromatic heterocycles. The van der Waals surface area contributed by atoms with E-state index in [0.717, 1.165) is 18.5 Å². The fourth-order valence-electron chi connectivity index (χ4n) is 3.05. The molecule has 0 radical (unpaired) electrons. The molecule has 0 amide bonds. The minimum absolute atomic E-state index is 0.311. The van der Waals surface area contributed by atoms with Gasteiger partial charge in [-0.1, -0.05) is 18.6 Å². The normalized spacial score (nSPS) is 42.3. The fourth-order valence-corrected chi connectivity index (χ4v) is 3.05. The number of likely N-dealkylation sites (tertiary alicyclic amines) is 1. The first-order chi connectivity index (χ1) is 7.16. The first-order valence-electron chi connectivity index (χ1n) is 6.36. The van der Waals surface area contributed by atoms with Crippen molar-refractivity contribution < 1.29 is 0 Å². The summed E-state index contributed by atoms with van der Waals surface area (Å²) in [6.45, 7) is 5.95. The van der Waals surface area contributed by atoms with Crippen molar-refractivity contribution in [2.45, 2.75) is 57.7 Å². The van der Waals surface area contributed by atoms with Crippen LogP contribution in [0.4, 0.5) is 0 Å². The molecule has 0 aromatic rings. The summed E-state index contributed by atoms with van der Waals surface area (Å²) in [5.74, 6) is 0.697. The molecule has 2 unspecified atom stereocenters. The van der Waals surface area contributed by atoms with E-state index in [9.17, 15) is 0 Å². The van der Waals surface area contributed by atoms with Crippen LogP contribution < -0.4 is 5.73 Å². The average Bonchev–Trinajstić information content (AvgIpc) is 2.58. The van der Waals surface area contributed by atoms with Crippen LogP contribution >= 0.6 is 0 Å². The van der Waals surface area contributed by atoms with Gasteiger partial charge in [-0.05, 0) is 39.0 Å². The minimum atomic E-state index is 0.311. The van der Waals surface area contributed by atoms with Gasteiger partial charge >= 0.3 is 0 Å². The van der Waals surface area contributed by atoms with E-state index < -0.39 is 0 Å². The minimum Gasteiger partial charge on any atom is -0.324 e. The molecule has 0 spiro atoms. The van der Waals surface area contributed by atoms with Gasteiger partial charge in [0.1, 0.15) is 0 Å². The van der Waals surface area contributed by atoms with Crippen molar-refractivity contribution >= 4 is 0 Å². The van der Waals surface area contributed by atoms with Gasteiger partial charge in [0.05, 0.1) is 0 Å². The lowest BCUT2D eigenvalue weighted by molar-refractivity contribution is 0.0908. The highest BCUT2D eigenvalue weighted by Crippen LogP contribution is 2.26. The number of rotatable bonds is 2. The predicted octanol–water partition coefficient (Wildman–Crippen LogP) is 2.15. The van der Waals surface area contributed by atoms with Crippen LogP contribution in [0, 0.1) is 5.92 Å². The van der Waals surface area contributed by atoms with E-state index in [1.807, 2.05) is 0 Å². The number of piperidine rings is 1. The second kappa shape index (κ2) is 4.67. The van der Waals surface area contributed by atoms with Crippen LogP contribution in [0.2, 0.25) is 0 Å². The number of nitrogens with zero attached hydrogens (tertiary/aromatic N) is 1. The molecule has 2 heteroatoms. The summed E-state index contributed by atoms with van der Waals surface area (Å²) in [6, 6.07) is 1.84. The van der Waals surface area contributed by atoms with Gasteiger partial charge in [0.15, 0.2) is 0 Å². The van der Waals surface area contributed by atoms with Crippen LogP contribution in [0.1, 0.15) is 39.5 Å². The fraction of sp³-hybridized carbons (Fsp3) is 0.846. The Morgan fingerprint density at radius 1 is 1.20 bits per heavy atom. The molecule has 2 rings (SSSR count). The van der Waals surface area contributed by atoms with Crippen LogP contribution in [0.5, 0.6) is 0 Å². The van der Waals surface area contributed by atoms with E-state index in [0.29, 0.717) is 12.0 Å². The molecule has 2 aliphatic rings. The summed E-state index contributed by atoms with van der Waals surface area (Å²) in [7, 11) is 0. The first kappa shape index (κ1) is 11.2. The number of nitrogens with two attached hydrogens (primary N) is 1. The van der Waals surface area contributed by atoms with Gasteiger partial charge in [-0.25, -0.2) is 0 Å². The maximum Gasteiger partial charge on any atom is 0.0229 e. The summed E-state index contributed by atoms with van der Waals surface area (Å²) in [4.78, 5) is 2.68. The summed E-state index contributed by atoms with van der Waals surface area (Å²) in [6.07, 6.45) is 9.77. The van der Waals surface area contributed by atoms with Crippen molar-refractivity contribution in [1.82, 2.24) is 4.90 Å². The summed E-state index contributed by atoms with van der Waals surface area (Å²) >= 11 is 0. The maximum atomic E-state index is 5.89. The molecule has 0 aromatic carbocycles. The van der Waals surface area contributed by atoms with Gasteiger partial charge in [0, 0.05) is 24.7 Å². The van der Waals surface area contributed by atoms with Crippen molar-refractivity contribution in [1.29, 1.82) is 0 Å². The van der Waals surface area contributed by atoms with E-state index in [2.05, 4.69) is 30.9 Å². The Kier molecular flexibility index (Phi) is 3.47. The Balaban J connectivity index is 1.89. The Morgan fingerprint density at radius 2 is 1.87 bits per heavy atom. The van der Waals surface area contributed by atoms with Crippen molar-refractivity contribution in [2.24, 2.45) is 11.7 Å². The molecule has 1 fully saturated rings. The topological polar surface area (TPSA) is 29.3 Å². The van der Waals surface area contributed by atoms with E-state index in [-0.39, 0.29) is 0 Å². The highest BCUT2D eigenvalue weighted by atomic mass is 15.2. The second-order valence-electron chi connectivity index (χ2n) is 5.37. The Bertz CT molecular complexity index is 227. The molecule has 0 saturated carbocycles. The van der Waals surface area contributed by atoms with E-state index >= 15 is 0 Å². The number of hydrogen-bond donors (Lipinski definition) is 1. The lowest BCUT2D eigenvalue weighted by Gasteiger charge is -2.40. The lowest BCUT2D eigenvalue weighted by atomic mass is 9.95. The molecule has 4 atom stereocenters. The van der Waals surface area contributed by atoms with E-state index in [4.69, 9.17) is 5.73 Å². The standard InChI is InChI=1S/C13H24N2/c1-10-4-3-5-11(2)15(10)9-12-6-7-13(14)8-12/h6-7,10-13H,3-5,8-9,14H2,1-2H3/t10-,11+,12?,13?. The van der Waals surface area contributed by atoms with Crippen LogP contribution in [0.15, 0.2) is 12.2 Å². The Labute approximate surface area is 93.5 Å². The molecule has 1 aliphatic heterocycles. The Hall–Kier alpha value is -0.340. The zero-order valence-corrected chi connectivity index (χ0v) is 10.0. The van der Waals surface area contributed by atoms with Crippen LogP contribution in [0.25, 0.3) is 0 Å². The molecule has 1 saturated heterocycles. The first-order valence-corrected chi connectivity index (χ1v) is 6.36. The third kappa shape index (κ3) is 2.61. The predicted molar refractivity (Wildman–Crippen MR) is 64.7 cm³/mol. The molecule has 86 valence electrons. The molecular formula is C13H24N2. The third-order valence-electron chi connectivity index (χ3n) is 4.03. The molecule has 0 bridgehead atoms. The molecule has 1 aliphatic carbocycles. The van der Waals surface area contributed by atoms with E-state index in [1.165, 1.54) is 25.8 Å². The Morgan fingerprint density at radius 3 is 2.40 bits per heavy atom. The highest BCUT2D eigenvalue weighted by Gasteiger charge is 2.27. The van der Waals surface area contributed by atoms with Crippen molar-refractivity contribution in [3.8, 4) is 0 Å². The van der Waals surface area contributed by atoms with Crippen molar-refractivity contribution in [2.75, 3.05) is 6.54 Å². The molecular weight excluding hydrogens is 184 g/mol. The van der Waals surface area contributed by atoms with Gasteiger partial charge in [-0.3, -0.25) is 4.90 Å². The van der Waals surface area contributed by atoms with Gasteiger partial charge in [0.25, 0.3) is 0 Å². The monoisotopic (exact) mass is 208 g/mol. The zero-order valence-electron chi connectivity index (χ0n) is 10.0. The molecule has 2 nitrogen and oxygen atoms in total. The van der Waals surface area contributed by atoms with Gasteiger partial charge in [-0.15, -0.1) is 0 Å².